The summed E-state index contributed by atoms with van der Waals surface area (Å²) in [5.74, 6) is -1.51. The van der Waals surface area contributed by atoms with E-state index in [0.717, 1.165) is 18.4 Å². The second-order valence-electron chi connectivity index (χ2n) is 9.98. The Kier molecular flexibility index (Phi) is 8.61. The van der Waals surface area contributed by atoms with E-state index in [1.165, 1.54) is 25.3 Å². The summed E-state index contributed by atoms with van der Waals surface area (Å²) >= 11 is 12.7. The lowest BCUT2D eigenvalue weighted by molar-refractivity contribution is 0.0697. The van der Waals surface area contributed by atoms with Crippen LogP contribution in [0, 0.1) is 5.82 Å². The number of Topliss-reactive ketones (excluding diaryl/α,β-unsaturated/α-hetero) is 1. The van der Waals surface area contributed by atoms with Gasteiger partial charge in [0.25, 0.3) is 0 Å². The number of fused-ring (bicyclic) bond motifs is 1. The maximum atomic E-state index is 14.3. The summed E-state index contributed by atoms with van der Waals surface area (Å²) in [4.78, 5) is 33.6. The average molecular weight is 605 g/mol. The van der Waals surface area contributed by atoms with Gasteiger partial charge in [-0.1, -0.05) is 72.9 Å². The van der Waals surface area contributed by atoms with Gasteiger partial charge in [0.05, 0.1) is 23.7 Å². The maximum Gasteiger partial charge on any atom is 0.336 e. The van der Waals surface area contributed by atoms with Crippen molar-refractivity contribution in [2.75, 3.05) is 7.11 Å². The number of carboxylic acid groups (broad SMARTS) is 1. The zero-order valence-corrected chi connectivity index (χ0v) is 24.4. The largest absolute Gasteiger partial charge is 0.494 e. The van der Waals surface area contributed by atoms with E-state index in [4.69, 9.17) is 27.9 Å². The van der Waals surface area contributed by atoms with Crippen molar-refractivity contribution in [1.29, 1.82) is 0 Å². The Morgan fingerprint density at radius 2 is 1.79 bits per heavy atom. The zero-order valence-electron chi connectivity index (χ0n) is 22.9. The summed E-state index contributed by atoms with van der Waals surface area (Å²) in [5.41, 5.74) is 3.41. The molecule has 6 nitrogen and oxygen atoms in total. The summed E-state index contributed by atoms with van der Waals surface area (Å²) in [6, 6.07) is 20.0. The average Bonchev–Trinajstić information content (AvgIpc) is 3.39. The van der Waals surface area contributed by atoms with Gasteiger partial charge in [0.1, 0.15) is 5.82 Å². The molecule has 42 heavy (non-hydrogen) atoms. The second-order valence-corrected chi connectivity index (χ2v) is 10.8. The lowest BCUT2D eigenvalue weighted by atomic mass is 9.87. The molecule has 0 spiro atoms. The number of benzene rings is 4. The maximum absolute atomic E-state index is 14.3. The van der Waals surface area contributed by atoms with Crippen molar-refractivity contribution >= 4 is 46.0 Å². The van der Waals surface area contributed by atoms with Gasteiger partial charge < -0.3 is 14.8 Å². The highest BCUT2D eigenvalue weighted by atomic mass is 35.5. The first-order valence-corrected chi connectivity index (χ1v) is 14.1. The molecular formula is C33H27Cl2FN2O4. The minimum absolute atomic E-state index is 0.0283. The van der Waals surface area contributed by atoms with Gasteiger partial charge in [0.15, 0.2) is 17.3 Å². The van der Waals surface area contributed by atoms with Gasteiger partial charge in [0, 0.05) is 45.3 Å². The van der Waals surface area contributed by atoms with E-state index in [0.29, 0.717) is 49.2 Å². The Morgan fingerprint density at radius 3 is 2.48 bits per heavy atom. The molecule has 2 N–H and O–H groups in total. The predicted molar refractivity (Wildman–Crippen MR) is 163 cm³/mol. The van der Waals surface area contributed by atoms with Crippen LogP contribution in [-0.2, 0) is 0 Å². The molecule has 0 saturated carbocycles. The van der Waals surface area contributed by atoms with Crippen molar-refractivity contribution in [3.8, 4) is 28.3 Å². The van der Waals surface area contributed by atoms with Gasteiger partial charge in [-0.05, 0) is 47.7 Å². The number of methoxy groups -OCH3 is 1. The normalized spacial score (nSPS) is 11.9. The van der Waals surface area contributed by atoms with Crippen LogP contribution in [0.25, 0.3) is 33.5 Å². The highest BCUT2D eigenvalue weighted by Gasteiger charge is 2.23. The van der Waals surface area contributed by atoms with E-state index in [9.17, 15) is 19.1 Å². The van der Waals surface area contributed by atoms with Crippen molar-refractivity contribution in [1.82, 2.24) is 9.97 Å². The first-order valence-electron chi connectivity index (χ1n) is 13.4. The Hall–Kier alpha value is -4.20. The number of aromatic amines is 1. The third-order valence-corrected chi connectivity index (χ3v) is 7.84. The second kappa shape index (κ2) is 12.3. The Balaban J connectivity index is 1.55. The van der Waals surface area contributed by atoms with Gasteiger partial charge in [-0.15, -0.1) is 0 Å². The lowest BCUT2D eigenvalue weighted by Gasteiger charge is -2.17. The highest BCUT2D eigenvalue weighted by molar-refractivity contribution is 6.34. The van der Waals surface area contributed by atoms with Crippen LogP contribution < -0.4 is 4.74 Å². The minimum Gasteiger partial charge on any atom is -0.494 e. The summed E-state index contributed by atoms with van der Waals surface area (Å²) in [6.45, 7) is 2.06. The van der Waals surface area contributed by atoms with Gasteiger partial charge in [-0.2, -0.15) is 0 Å². The molecule has 214 valence electrons. The number of aromatic carboxylic acids is 1. The lowest BCUT2D eigenvalue weighted by Crippen LogP contribution is -2.10. The van der Waals surface area contributed by atoms with Gasteiger partial charge in [-0.3, -0.25) is 4.79 Å². The molecule has 1 atom stereocenters. The number of halogens is 3. The SMILES string of the molecule is CCCC(CC(=O)c1ccc(-c2c(Cl)cccc2-c2nc3cc(OC)c(F)cc3[nH]2)c(C(=O)O)c1)c1ccc(Cl)cc1. The third kappa shape index (κ3) is 5.89. The topological polar surface area (TPSA) is 92.3 Å². The fraction of sp³-hybridized carbons (Fsp3) is 0.182. The highest BCUT2D eigenvalue weighted by Crippen LogP contribution is 2.40. The number of carbonyl (C=O) groups excluding carboxylic acids is 1. The van der Waals surface area contributed by atoms with E-state index < -0.39 is 11.8 Å². The standard InChI is InChI=1S/C33H27Cl2FN2O4/c1-3-5-19(18-8-11-21(34)12-9-18)15-29(39)20-10-13-22(24(14-20)33(40)41)31-23(6-4-7-25(31)35)32-37-27-16-26(36)30(42-2)17-28(27)38-32/h4,6-14,16-17,19H,3,5,15H2,1-2H3,(H,37,38)(H,40,41). The van der Waals surface area contributed by atoms with E-state index in [2.05, 4.69) is 16.9 Å². The molecule has 0 radical (unpaired) electrons. The molecule has 0 amide bonds. The monoisotopic (exact) mass is 604 g/mol. The number of imidazole rings is 1. The number of H-pyrrole nitrogens is 1. The zero-order chi connectivity index (χ0) is 30.0. The number of nitrogens with one attached hydrogen (secondary N) is 1. The van der Waals surface area contributed by atoms with Crippen LogP contribution >= 0.6 is 23.2 Å². The number of hydrogen-bond donors (Lipinski definition) is 2. The van der Waals surface area contributed by atoms with Crippen LogP contribution in [0.1, 0.15) is 58.4 Å². The molecule has 0 aliphatic heterocycles. The van der Waals surface area contributed by atoms with Crippen LogP contribution in [0.5, 0.6) is 5.75 Å². The quantitative estimate of drug-likeness (QED) is 0.155. The summed E-state index contributed by atoms with van der Waals surface area (Å²) < 4.78 is 19.4. The predicted octanol–water partition coefficient (Wildman–Crippen LogP) is 9.21. The fourth-order valence-corrected chi connectivity index (χ4v) is 5.62. The number of carbonyl (C=O) groups is 2. The molecule has 5 rings (SSSR count). The number of aromatic nitrogens is 2. The molecular weight excluding hydrogens is 578 g/mol. The summed E-state index contributed by atoms with van der Waals surface area (Å²) in [7, 11) is 1.37. The smallest absolute Gasteiger partial charge is 0.336 e. The van der Waals surface area contributed by atoms with E-state index in [1.54, 1.807) is 42.5 Å². The molecule has 0 bridgehead atoms. The molecule has 1 aromatic heterocycles. The number of nitrogens with zero attached hydrogens (tertiary/aromatic N) is 1. The summed E-state index contributed by atoms with van der Waals surface area (Å²) in [6.07, 6.45) is 1.91. The van der Waals surface area contributed by atoms with E-state index in [-0.39, 0.29) is 29.4 Å². The number of rotatable bonds is 10. The fourth-order valence-electron chi connectivity index (χ4n) is 5.21. The molecule has 1 heterocycles. The van der Waals surface area contributed by atoms with E-state index in [1.807, 2.05) is 12.1 Å². The van der Waals surface area contributed by atoms with Gasteiger partial charge >= 0.3 is 5.97 Å². The molecule has 0 saturated heterocycles. The van der Waals surface area contributed by atoms with Gasteiger partial charge in [-0.25, -0.2) is 14.2 Å². The number of ether oxygens (including phenoxy) is 1. The van der Waals surface area contributed by atoms with Crippen molar-refractivity contribution in [2.24, 2.45) is 0 Å². The minimum atomic E-state index is -1.20. The van der Waals surface area contributed by atoms with Crippen molar-refractivity contribution in [3.63, 3.8) is 0 Å². The Bertz CT molecular complexity index is 1800. The Morgan fingerprint density at radius 1 is 1.02 bits per heavy atom. The van der Waals surface area contributed by atoms with Crippen molar-refractivity contribution < 1.29 is 23.8 Å². The molecule has 0 fully saturated rings. The molecule has 1 unspecified atom stereocenters. The van der Waals surface area contributed by atoms with Crippen LogP contribution in [-0.4, -0.2) is 33.9 Å². The molecule has 0 aliphatic carbocycles. The number of ketones is 1. The van der Waals surface area contributed by atoms with Crippen LogP contribution in [0.2, 0.25) is 10.0 Å². The number of hydrogen-bond acceptors (Lipinski definition) is 4. The van der Waals surface area contributed by atoms with Gasteiger partial charge in [0.2, 0.25) is 0 Å². The van der Waals surface area contributed by atoms with Crippen LogP contribution in [0.3, 0.4) is 0 Å². The van der Waals surface area contributed by atoms with Crippen molar-refractivity contribution in [3.05, 3.63) is 105 Å². The molecule has 0 aliphatic rings. The summed E-state index contributed by atoms with van der Waals surface area (Å²) in [5, 5.41) is 11.1. The first-order chi connectivity index (χ1) is 20.2. The number of carboxylic acids is 1. The third-order valence-electron chi connectivity index (χ3n) is 7.28. The molecule has 4 aromatic carbocycles. The van der Waals surface area contributed by atoms with Crippen molar-refractivity contribution in [2.45, 2.75) is 32.1 Å². The molecule has 9 heteroatoms. The Labute approximate surface area is 252 Å². The first kappa shape index (κ1) is 29.3. The van der Waals surface area contributed by atoms with Crippen LogP contribution in [0.15, 0.2) is 72.8 Å². The van der Waals surface area contributed by atoms with E-state index >= 15 is 0 Å². The van der Waals surface area contributed by atoms with Crippen LogP contribution in [0.4, 0.5) is 4.39 Å². The molecule has 5 aromatic rings.